The fourth-order valence-electron chi connectivity index (χ4n) is 2.53. The SMILES string of the molecule is CCn1c(C(C)C)nc(-c2cccc(OC)c2OC)c1N. The molecule has 0 saturated heterocycles. The molecule has 0 radical (unpaired) electrons. The molecule has 2 aromatic rings. The molecule has 0 spiro atoms. The number of rotatable bonds is 5. The largest absolute Gasteiger partial charge is 0.493 e. The van der Waals surface area contributed by atoms with Gasteiger partial charge in [-0.05, 0) is 19.1 Å². The van der Waals surface area contributed by atoms with Gasteiger partial charge >= 0.3 is 0 Å². The lowest BCUT2D eigenvalue weighted by Gasteiger charge is -2.11. The average molecular weight is 289 g/mol. The number of nitrogen functional groups attached to an aromatic ring is 1. The number of aromatic nitrogens is 2. The van der Waals surface area contributed by atoms with Crippen molar-refractivity contribution in [2.24, 2.45) is 0 Å². The minimum Gasteiger partial charge on any atom is -0.493 e. The van der Waals surface area contributed by atoms with Gasteiger partial charge in [0.05, 0.1) is 14.2 Å². The Bertz CT molecular complexity index is 633. The summed E-state index contributed by atoms with van der Waals surface area (Å²) in [5, 5.41) is 0. The highest BCUT2D eigenvalue weighted by Gasteiger charge is 2.21. The lowest BCUT2D eigenvalue weighted by molar-refractivity contribution is 0.356. The van der Waals surface area contributed by atoms with Gasteiger partial charge in [0.15, 0.2) is 11.5 Å². The first-order valence-corrected chi connectivity index (χ1v) is 7.12. The predicted molar refractivity (Wildman–Crippen MR) is 84.9 cm³/mol. The zero-order chi connectivity index (χ0) is 15.6. The Labute approximate surface area is 125 Å². The zero-order valence-corrected chi connectivity index (χ0v) is 13.3. The first-order valence-electron chi connectivity index (χ1n) is 7.12. The Morgan fingerprint density at radius 1 is 1.24 bits per heavy atom. The van der Waals surface area contributed by atoms with Gasteiger partial charge in [0, 0.05) is 18.0 Å². The number of nitrogens with zero attached hydrogens (tertiary/aromatic N) is 2. The predicted octanol–water partition coefficient (Wildman–Crippen LogP) is 3.29. The van der Waals surface area contributed by atoms with Gasteiger partial charge in [-0.15, -0.1) is 0 Å². The Morgan fingerprint density at radius 2 is 1.95 bits per heavy atom. The molecule has 0 aliphatic carbocycles. The Kier molecular flexibility index (Phi) is 4.40. The van der Waals surface area contributed by atoms with Crippen molar-refractivity contribution in [1.82, 2.24) is 9.55 Å². The normalized spacial score (nSPS) is 11.0. The smallest absolute Gasteiger partial charge is 0.170 e. The summed E-state index contributed by atoms with van der Waals surface area (Å²) in [6, 6.07) is 5.72. The van der Waals surface area contributed by atoms with E-state index in [0.29, 0.717) is 23.2 Å². The number of benzene rings is 1. The zero-order valence-electron chi connectivity index (χ0n) is 13.3. The second-order valence-electron chi connectivity index (χ2n) is 5.14. The Morgan fingerprint density at radius 3 is 2.43 bits per heavy atom. The molecule has 2 N–H and O–H groups in total. The monoisotopic (exact) mass is 289 g/mol. The molecular weight excluding hydrogens is 266 g/mol. The molecule has 0 fully saturated rings. The molecule has 1 heterocycles. The van der Waals surface area contributed by atoms with Gasteiger partial charge in [-0.2, -0.15) is 0 Å². The Balaban J connectivity index is 2.68. The summed E-state index contributed by atoms with van der Waals surface area (Å²) < 4.78 is 12.9. The summed E-state index contributed by atoms with van der Waals surface area (Å²) in [7, 11) is 3.24. The maximum Gasteiger partial charge on any atom is 0.170 e. The van der Waals surface area contributed by atoms with E-state index in [1.807, 2.05) is 22.8 Å². The molecule has 114 valence electrons. The van der Waals surface area contributed by atoms with Crippen LogP contribution in [0.3, 0.4) is 0 Å². The van der Waals surface area contributed by atoms with Crippen LogP contribution in [0, 0.1) is 0 Å². The summed E-state index contributed by atoms with van der Waals surface area (Å²) >= 11 is 0. The number of para-hydroxylation sites is 1. The van der Waals surface area contributed by atoms with Gasteiger partial charge in [0.1, 0.15) is 17.3 Å². The molecule has 0 bridgehead atoms. The molecule has 1 aromatic carbocycles. The number of nitrogens with two attached hydrogens (primary N) is 1. The number of ether oxygens (including phenoxy) is 2. The van der Waals surface area contributed by atoms with Crippen molar-refractivity contribution in [3.05, 3.63) is 24.0 Å². The van der Waals surface area contributed by atoms with Crippen LogP contribution in [0.15, 0.2) is 18.2 Å². The van der Waals surface area contributed by atoms with Crippen LogP contribution in [0.1, 0.15) is 32.5 Å². The van der Waals surface area contributed by atoms with Crippen LogP contribution in [-0.4, -0.2) is 23.8 Å². The fraction of sp³-hybridized carbons (Fsp3) is 0.438. The van der Waals surface area contributed by atoms with Gasteiger partial charge < -0.3 is 19.8 Å². The summed E-state index contributed by atoms with van der Waals surface area (Å²) in [4.78, 5) is 4.74. The van der Waals surface area contributed by atoms with Crippen LogP contribution in [0.25, 0.3) is 11.3 Å². The van der Waals surface area contributed by atoms with E-state index < -0.39 is 0 Å². The van der Waals surface area contributed by atoms with Crippen LogP contribution in [-0.2, 0) is 6.54 Å². The van der Waals surface area contributed by atoms with Crippen LogP contribution >= 0.6 is 0 Å². The van der Waals surface area contributed by atoms with Crippen LogP contribution in [0.2, 0.25) is 0 Å². The molecule has 2 rings (SSSR count). The third-order valence-electron chi connectivity index (χ3n) is 3.53. The molecule has 21 heavy (non-hydrogen) atoms. The van der Waals surface area contributed by atoms with E-state index in [0.717, 1.165) is 23.6 Å². The number of hydrogen-bond acceptors (Lipinski definition) is 4. The van der Waals surface area contributed by atoms with Crippen molar-refractivity contribution < 1.29 is 9.47 Å². The van der Waals surface area contributed by atoms with Gasteiger partial charge in [-0.25, -0.2) is 4.98 Å². The van der Waals surface area contributed by atoms with E-state index in [9.17, 15) is 0 Å². The van der Waals surface area contributed by atoms with Crippen molar-refractivity contribution in [2.75, 3.05) is 20.0 Å². The molecule has 5 heteroatoms. The first-order chi connectivity index (χ1) is 10.0. The molecule has 1 aromatic heterocycles. The maximum absolute atomic E-state index is 6.30. The van der Waals surface area contributed by atoms with Crippen molar-refractivity contribution >= 4 is 5.82 Å². The molecular formula is C16H23N3O2. The van der Waals surface area contributed by atoms with E-state index in [2.05, 4.69) is 20.8 Å². The molecule has 0 atom stereocenters. The Hall–Kier alpha value is -2.17. The second-order valence-corrected chi connectivity index (χ2v) is 5.14. The van der Waals surface area contributed by atoms with E-state index in [4.69, 9.17) is 20.2 Å². The van der Waals surface area contributed by atoms with Crippen molar-refractivity contribution in [3.63, 3.8) is 0 Å². The first kappa shape index (κ1) is 15.2. The van der Waals surface area contributed by atoms with Crippen molar-refractivity contribution in [2.45, 2.75) is 33.2 Å². The molecule has 0 saturated carbocycles. The number of methoxy groups -OCH3 is 2. The van der Waals surface area contributed by atoms with E-state index in [-0.39, 0.29) is 0 Å². The van der Waals surface area contributed by atoms with Gasteiger partial charge in [-0.1, -0.05) is 19.9 Å². The lowest BCUT2D eigenvalue weighted by Crippen LogP contribution is -2.06. The maximum atomic E-state index is 6.30. The molecule has 0 aliphatic rings. The molecule has 0 unspecified atom stereocenters. The molecule has 0 aliphatic heterocycles. The highest BCUT2D eigenvalue weighted by Crippen LogP contribution is 2.40. The van der Waals surface area contributed by atoms with Crippen LogP contribution < -0.4 is 15.2 Å². The van der Waals surface area contributed by atoms with Crippen LogP contribution in [0.4, 0.5) is 5.82 Å². The highest BCUT2D eigenvalue weighted by atomic mass is 16.5. The average Bonchev–Trinajstić information content (AvgIpc) is 2.83. The number of anilines is 1. The van der Waals surface area contributed by atoms with E-state index in [1.165, 1.54) is 0 Å². The van der Waals surface area contributed by atoms with E-state index in [1.54, 1.807) is 14.2 Å². The third-order valence-corrected chi connectivity index (χ3v) is 3.53. The van der Waals surface area contributed by atoms with Crippen molar-refractivity contribution in [1.29, 1.82) is 0 Å². The summed E-state index contributed by atoms with van der Waals surface area (Å²) in [5.41, 5.74) is 7.90. The standard InChI is InChI=1S/C16H23N3O2/c1-6-19-15(17)13(18-16(19)10(2)3)11-8-7-9-12(20-4)14(11)21-5/h7-10H,6,17H2,1-5H3. The molecule has 5 nitrogen and oxygen atoms in total. The second kappa shape index (κ2) is 6.08. The van der Waals surface area contributed by atoms with E-state index >= 15 is 0 Å². The third kappa shape index (κ3) is 2.55. The fourth-order valence-corrected chi connectivity index (χ4v) is 2.53. The highest BCUT2D eigenvalue weighted by molar-refractivity contribution is 5.78. The number of hydrogen-bond donors (Lipinski definition) is 1. The summed E-state index contributed by atoms with van der Waals surface area (Å²) in [5.74, 6) is 3.27. The minimum atomic E-state index is 0.303. The number of imidazole rings is 1. The molecule has 0 amide bonds. The summed E-state index contributed by atoms with van der Waals surface area (Å²) in [6.45, 7) is 7.08. The van der Waals surface area contributed by atoms with Crippen LogP contribution in [0.5, 0.6) is 11.5 Å². The quantitative estimate of drug-likeness (QED) is 0.917. The van der Waals surface area contributed by atoms with Gasteiger partial charge in [0.2, 0.25) is 0 Å². The van der Waals surface area contributed by atoms with Gasteiger partial charge in [0.25, 0.3) is 0 Å². The topological polar surface area (TPSA) is 62.3 Å². The minimum absolute atomic E-state index is 0.303. The lowest BCUT2D eigenvalue weighted by atomic mass is 10.1. The van der Waals surface area contributed by atoms with Gasteiger partial charge in [-0.3, -0.25) is 0 Å². The summed E-state index contributed by atoms with van der Waals surface area (Å²) in [6.07, 6.45) is 0. The van der Waals surface area contributed by atoms with Crippen molar-refractivity contribution in [3.8, 4) is 22.8 Å².